The van der Waals surface area contributed by atoms with Gasteiger partial charge in [-0.2, -0.15) is 0 Å². The lowest BCUT2D eigenvalue weighted by Crippen LogP contribution is -2.35. The van der Waals surface area contributed by atoms with Gasteiger partial charge in [0.05, 0.1) is 7.11 Å². The zero-order valence-electron chi connectivity index (χ0n) is 13.7. The summed E-state index contributed by atoms with van der Waals surface area (Å²) < 4.78 is 5.13. The summed E-state index contributed by atoms with van der Waals surface area (Å²) in [6.07, 6.45) is 0. The molecule has 0 bridgehead atoms. The molecule has 1 amide bonds. The van der Waals surface area contributed by atoms with Crippen LogP contribution in [0.15, 0.2) is 48.5 Å². The summed E-state index contributed by atoms with van der Waals surface area (Å²) in [5.74, 6) is 0.703. The van der Waals surface area contributed by atoms with Crippen molar-refractivity contribution < 1.29 is 9.53 Å². The number of ether oxygens (including phenoxy) is 1. The van der Waals surface area contributed by atoms with Crippen LogP contribution in [0.1, 0.15) is 22.7 Å². The van der Waals surface area contributed by atoms with E-state index in [0.29, 0.717) is 6.54 Å². The molecule has 0 fully saturated rings. The predicted octanol–water partition coefficient (Wildman–Crippen LogP) is 3.08. The number of carbonyl (C=O) groups is 1. The Morgan fingerprint density at radius 2 is 1.70 bits per heavy atom. The van der Waals surface area contributed by atoms with E-state index in [9.17, 15) is 4.79 Å². The molecule has 1 unspecified atom stereocenters. The van der Waals surface area contributed by atoms with Gasteiger partial charge in [-0.1, -0.05) is 42.0 Å². The highest BCUT2D eigenvalue weighted by molar-refractivity contribution is 5.85. The predicted molar refractivity (Wildman–Crippen MR) is 94.8 cm³/mol. The minimum absolute atomic E-state index is 0. The number of nitrogens with two attached hydrogens (primary N) is 1. The Labute approximate surface area is 143 Å². The number of hydrogen-bond donors (Lipinski definition) is 1. The van der Waals surface area contributed by atoms with Crippen LogP contribution in [0.3, 0.4) is 0 Å². The fraction of sp³-hybridized carbons (Fsp3) is 0.278. The molecule has 2 rings (SSSR count). The zero-order chi connectivity index (χ0) is 16.1. The summed E-state index contributed by atoms with van der Waals surface area (Å²) in [5, 5.41) is 0. The van der Waals surface area contributed by atoms with Gasteiger partial charge in [-0.05, 0) is 30.2 Å². The van der Waals surface area contributed by atoms with Crippen LogP contribution >= 0.6 is 12.4 Å². The van der Waals surface area contributed by atoms with E-state index in [-0.39, 0.29) is 18.3 Å². The number of benzene rings is 2. The van der Waals surface area contributed by atoms with E-state index in [1.54, 1.807) is 19.1 Å². The van der Waals surface area contributed by atoms with E-state index in [0.717, 1.165) is 22.4 Å². The Morgan fingerprint density at radius 1 is 1.13 bits per heavy atom. The van der Waals surface area contributed by atoms with Gasteiger partial charge in [0.1, 0.15) is 11.8 Å². The van der Waals surface area contributed by atoms with Gasteiger partial charge in [-0.3, -0.25) is 4.79 Å². The van der Waals surface area contributed by atoms with Crippen LogP contribution < -0.4 is 10.5 Å². The molecule has 0 aliphatic rings. The quantitative estimate of drug-likeness (QED) is 0.914. The Hall–Kier alpha value is -2.04. The molecule has 4 nitrogen and oxygen atoms in total. The van der Waals surface area contributed by atoms with Crippen molar-refractivity contribution in [2.45, 2.75) is 19.5 Å². The van der Waals surface area contributed by atoms with E-state index in [4.69, 9.17) is 10.5 Å². The molecule has 0 aliphatic carbocycles. The Morgan fingerprint density at radius 3 is 2.22 bits per heavy atom. The van der Waals surface area contributed by atoms with Crippen LogP contribution in [0, 0.1) is 6.92 Å². The largest absolute Gasteiger partial charge is 0.497 e. The van der Waals surface area contributed by atoms with Gasteiger partial charge in [0.25, 0.3) is 0 Å². The average Bonchev–Trinajstić information content (AvgIpc) is 2.55. The SMILES string of the molecule is COc1ccc(CN(C)C(=O)C(N)c2ccc(C)cc2)cc1.Cl. The first-order chi connectivity index (χ1) is 10.5. The monoisotopic (exact) mass is 334 g/mol. The Balaban J connectivity index is 0.00000264. The lowest BCUT2D eigenvalue weighted by Gasteiger charge is -2.22. The van der Waals surface area contributed by atoms with Crippen molar-refractivity contribution in [2.24, 2.45) is 5.73 Å². The maximum Gasteiger partial charge on any atom is 0.244 e. The third-order valence-corrected chi connectivity index (χ3v) is 3.66. The minimum Gasteiger partial charge on any atom is -0.497 e. The van der Waals surface area contributed by atoms with Crippen LogP contribution in [0.5, 0.6) is 5.75 Å². The third kappa shape index (κ3) is 4.98. The van der Waals surface area contributed by atoms with Crippen molar-refractivity contribution in [3.8, 4) is 5.75 Å². The highest BCUT2D eigenvalue weighted by Gasteiger charge is 2.19. The van der Waals surface area contributed by atoms with Crippen LogP contribution in [0.25, 0.3) is 0 Å². The molecule has 1 atom stereocenters. The molecular weight excluding hydrogens is 312 g/mol. The first-order valence-corrected chi connectivity index (χ1v) is 7.21. The summed E-state index contributed by atoms with van der Waals surface area (Å²) in [5.41, 5.74) is 9.09. The van der Waals surface area contributed by atoms with Crippen LogP contribution in [0.2, 0.25) is 0 Å². The highest BCUT2D eigenvalue weighted by Crippen LogP contribution is 2.16. The van der Waals surface area contributed by atoms with Gasteiger partial charge >= 0.3 is 0 Å². The van der Waals surface area contributed by atoms with Crippen molar-refractivity contribution in [2.75, 3.05) is 14.2 Å². The van der Waals surface area contributed by atoms with E-state index in [1.165, 1.54) is 0 Å². The van der Waals surface area contributed by atoms with Gasteiger partial charge < -0.3 is 15.4 Å². The second kappa shape index (κ2) is 8.56. The van der Waals surface area contributed by atoms with Crippen molar-refractivity contribution in [3.05, 3.63) is 65.2 Å². The molecule has 0 radical (unpaired) electrons. The topological polar surface area (TPSA) is 55.6 Å². The van der Waals surface area contributed by atoms with Gasteiger partial charge in [-0.15, -0.1) is 12.4 Å². The van der Waals surface area contributed by atoms with Crippen LogP contribution in [-0.2, 0) is 11.3 Å². The molecule has 0 saturated carbocycles. The number of halogens is 1. The molecule has 2 N–H and O–H groups in total. The van der Waals surface area contributed by atoms with Crippen molar-refractivity contribution in [1.29, 1.82) is 0 Å². The molecule has 2 aromatic carbocycles. The molecule has 5 heteroatoms. The third-order valence-electron chi connectivity index (χ3n) is 3.66. The summed E-state index contributed by atoms with van der Waals surface area (Å²) in [6, 6.07) is 14.8. The number of aryl methyl sites for hydroxylation is 1. The molecule has 23 heavy (non-hydrogen) atoms. The Kier molecular flexibility index (Phi) is 7.07. The van der Waals surface area contributed by atoms with Gasteiger partial charge in [0.15, 0.2) is 0 Å². The maximum absolute atomic E-state index is 12.4. The highest BCUT2D eigenvalue weighted by atomic mass is 35.5. The van der Waals surface area contributed by atoms with Crippen LogP contribution in [0.4, 0.5) is 0 Å². The lowest BCUT2D eigenvalue weighted by atomic mass is 10.0. The fourth-order valence-corrected chi connectivity index (χ4v) is 2.24. The molecule has 2 aromatic rings. The maximum atomic E-state index is 12.4. The lowest BCUT2D eigenvalue weighted by molar-refractivity contribution is -0.131. The molecule has 0 saturated heterocycles. The van der Waals surface area contributed by atoms with Crippen molar-refractivity contribution in [1.82, 2.24) is 4.90 Å². The molecule has 0 spiro atoms. The normalized spacial score (nSPS) is 11.3. The fourth-order valence-electron chi connectivity index (χ4n) is 2.24. The number of methoxy groups -OCH3 is 1. The number of carbonyl (C=O) groups excluding carboxylic acids is 1. The summed E-state index contributed by atoms with van der Waals surface area (Å²) in [4.78, 5) is 14.1. The molecule has 0 aromatic heterocycles. The second-order valence-corrected chi connectivity index (χ2v) is 5.43. The van der Waals surface area contributed by atoms with Gasteiger partial charge in [-0.25, -0.2) is 0 Å². The standard InChI is InChI=1S/C18H22N2O2.ClH/c1-13-4-8-15(9-5-13)17(19)18(21)20(2)12-14-6-10-16(22-3)11-7-14;/h4-11,17H,12,19H2,1-3H3;1H. The van der Waals surface area contributed by atoms with Crippen molar-refractivity contribution >= 4 is 18.3 Å². The second-order valence-electron chi connectivity index (χ2n) is 5.43. The van der Waals surface area contributed by atoms with Gasteiger partial charge in [0, 0.05) is 13.6 Å². The van der Waals surface area contributed by atoms with Crippen LogP contribution in [-0.4, -0.2) is 25.0 Å². The zero-order valence-corrected chi connectivity index (χ0v) is 14.5. The molecular formula is C18H23ClN2O2. The molecule has 0 aliphatic heterocycles. The number of nitrogens with zero attached hydrogens (tertiary/aromatic N) is 1. The van der Waals surface area contributed by atoms with E-state index in [1.807, 2.05) is 55.5 Å². The van der Waals surface area contributed by atoms with E-state index in [2.05, 4.69) is 0 Å². The summed E-state index contributed by atoms with van der Waals surface area (Å²) in [6.45, 7) is 2.52. The first kappa shape index (κ1) is 19.0. The van der Waals surface area contributed by atoms with E-state index >= 15 is 0 Å². The van der Waals surface area contributed by atoms with Crippen molar-refractivity contribution in [3.63, 3.8) is 0 Å². The average molecular weight is 335 g/mol. The number of rotatable bonds is 5. The molecule has 0 heterocycles. The summed E-state index contributed by atoms with van der Waals surface area (Å²) >= 11 is 0. The number of likely N-dealkylation sites (N-methyl/N-ethyl adjacent to an activating group) is 1. The summed E-state index contributed by atoms with van der Waals surface area (Å²) in [7, 11) is 3.39. The first-order valence-electron chi connectivity index (χ1n) is 7.21. The van der Waals surface area contributed by atoms with Gasteiger partial charge in [0.2, 0.25) is 5.91 Å². The smallest absolute Gasteiger partial charge is 0.244 e. The number of amides is 1. The Bertz CT molecular complexity index is 626. The van der Waals surface area contributed by atoms with E-state index < -0.39 is 6.04 Å². The molecule has 124 valence electrons. The minimum atomic E-state index is -0.635. The number of hydrogen-bond acceptors (Lipinski definition) is 3.